The fourth-order valence-electron chi connectivity index (χ4n) is 4.75. The zero-order valence-corrected chi connectivity index (χ0v) is 19.1. The van der Waals surface area contributed by atoms with E-state index in [-0.39, 0.29) is 17.6 Å². The Bertz CT molecular complexity index is 1150. The quantitative estimate of drug-likeness (QED) is 0.463. The van der Waals surface area contributed by atoms with Gasteiger partial charge in [0, 0.05) is 41.4 Å². The molecule has 0 saturated heterocycles. The van der Waals surface area contributed by atoms with Crippen LogP contribution in [0.15, 0.2) is 60.9 Å². The Balaban J connectivity index is 1.32. The highest BCUT2D eigenvalue weighted by Crippen LogP contribution is 2.51. The minimum absolute atomic E-state index is 0.00871. The van der Waals surface area contributed by atoms with Crippen molar-refractivity contribution < 1.29 is 9.53 Å². The predicted molar refractivity (Wildman–Crippen MR) is 127 cm³/mol. The number of nitrogens with one attached hydrogen (secondary N) is 1. The Hall–Kier alpha value is -2.56. The summed E-state index contributed by atoms with van der Waals surface area (Å²) in [5, 5.41) is 4.28. The highest BCUT2D eigenvalue weighted by atomic mass is 35.5. The first-order chi connectivity index (χ1) is 15.5. The number of fused-ring (bicyclic) bond motifs is 1. The van der Waals surface area contributed by atoms with Crippen molar-refractivity contribution in [1.29, 1.82) is 0 Å². The van der Waals surface area contributed by atoms with Crippen LogP contribution in [0.5, 0.6) is 5.75 Å². The molecule has 1 aliphatic carbocycles. The summed E-state index contributed by atoms with van der Waals surface area (Å²) in [6.45, 7) is 0. The number of halogens is 2. The number of ether oxygens (including phenoxy) is 1. The minimum Gasteiger partial charge on any atom is -0.485 e. The average molecular weight is 467 g/mol. The summed E-state index contributed by atoms with van der Waals surface area (Å²) < 4.78 is 6.30. The Kier molecular flexibility index (Phi) is 5.83. The van der Waals surface area contributed by atoms with Gasteiger partial charge in [0.1, 0.15) is 11.4 Å². The minimum atomic E-state index is -0.227. The molecule has 1 amide bonds. The number of amides is 1. The molecule has 1 atom stereocenters. The molecule has 1 saturated carbocycles. The van der Waals surface area contributed by atoms with Crippen LogP contribution in [0.3, 0.4) is 0 Å². The van der Waals surface area contributed by atoms with Gasteiger partial charge in [0.05, 0.1) is 11.1 Å². The Morgan fingerprint density at radius 2 is 2.00 bits per heavy atom. The molecule has 1 unspecified atom stereocenters. The second kappa shape index (κ2) is 8.76. The summed E-state index contributed by atoms with van der Waals surface area (Å²) in [5.41, 5.74) is 3.93. The van der Waals surface area contributed by atoms with Gasteiger partial charge in [0.2, 0.25) is 5.91 Å². The van der Waals surface area contributed by atoms with Gasteiger partial charge in [-0.3, -0.25) is 9.78 Å². The molecule has 1 N–H and O–H groups in total. The van der Waals surface area contributed by atoms with Crippen LogP contribution in [0, 0.1) is 0 Å². The molecule has 1 spiro atoms. The smallest absolute Gasteiger partial charge is 0.220 e. The summed E-state index contributed by atoms with van der Waals surface area (Å²) in [7, 11) is 0. The van der Waals surface area contributed by atoms with E-state index in [0.29, 0.717) is 28.6 Å². The second-order valence-electron chi connectivity index (χ2n) is 8.67. The topological polar surface area (TPSA) is 51.2 Å². The Morgan fingerprint density at radius 1 is 1.16 bits per heavy atom. The van der Waals surface area contributed by atoms with Crippen molar-refractivity contribution >= 4 is 29.1 Å². The number of aromatic nitrogens is 1. The highest BCUT2D eigenvalue weighted by Gasteiger charge is 2.46. The first kappa shape index (κ1) is 21.3. The van der Waals surface area contributed by atoms with Crippen LogP contribution in [0.1, 0.15) is 49.3 Å². The normalized spacial score (nSPS) is 18.4. The SMILES string of the molecule is O=C(CCc1ccccc1-c1cccnc1)NC1CC2(CCC2)Oc2c(Cl)cc(Cl)cc21. The third-order valence-electron chi connectivity index (χ3n) is 6.52. The standard InChI is InChI=1S/C26H24Cl2N2O2/c27-19-13-21-23(15-26(10-4-11-26)32-25(21)22(28)14-19)30-24(31)9-8-17-5-1-2-7-20(17)18-6-3-12-29-16-18/h1-3,5-7,12-14,16,23H,4,8-11,15H2,(H,30,31). The van der Waals surface area contributed by atoms with E-state index in [0.717, 1.165) is 47.9 Å². The van der Waals surface area contributed by atoms with Gasteiger partial charge in [-0.15, -0.1) is 0 Å². The van der Waals surface area contributed by atoms with Crippen LogP contribution >= 0.6 is 23.2 Å². The number of benzene rings is 2. The average Bonchev–Trinajstić information content (AvgIpc) is 2.78. The molecule has 1 fully saturated rings. The maximum absolute atomic E-state index is 13.0. The maximum atomic E-state index is 13.0. The van der Waals surface area contributed by atoms with E-state index in [9.17, 15) is 4.79 Å². The molecule has 2 aromatic carbocycles. The molecular weight excluding hydrogens is 443 g/mol. The predicted octanol–water partition coefficient (Wildman–Crippen LogP) is 6.55. The van der Waals surface area contributed by atoms with Gasteiger partial charge in [-0.05, 0) is 55.0 Å². The second-order valence-corrected chi connectivity index (χ2v) is 9.51. The van der Waals surface area contributed by atoms with E-state index in [4.69, 9.17) is 27.9 Å². The fraction of sp³-hybridized carbons (Fsp3) is 0.308. The maximum Gasteiger partial charge on any atom is 0.220 e. The number of aryl methyl sites for hydroxylation is 1. The summed E-state index contributed by atoms with van der Waals surface area (Å²) >= 11 is 12.7. The number of carbonyl (C=O) groups excluding carboxylic acids is 1. The number of nitrogens with zero attached hydrogens (tertiary/aromatic N) is 1. The third-order valence-corrected chi connectivity index (χ3v) is 7.02. The molecule has 0 radical (unpaired) electrons. The number of pyridine rings is 1. The molecule has 4 nitrogen and oxygen atoms in total. The number of hydrogen-bond donors (Lipinski definition) is 1. The summed E-state index contributed by atoms with van der Waals surface area (Å²) in [6.07, 6.45) is 8.50. The van der Waals surface area contributed by atoms with Crippen molar-refractivity contribution in [3.63, 3.8) is 0 Å². The van der Waals surface area contributed by atoms with Crippen LogP contribution in [0.25, 0.3) is 11.1 Å². The lowest BCUT2D eigenvalue weighted by molar-refractivity contribution is -0.123. The zero-order chi connectivity index (χ0) is 22.1. The highest BCUT2D eigenvalue weighted by molar-refractivity contribution is 6.35. The van der Waals surface area contributed by atoms with Gasteiger partial charge in [-0.25, -0.2) is 0 Å². The molecular formula is C26H24Cl2N2O2. The van der Waals surface area contributed by atoms with Gasteiger partial charge in [0.15, 0.2) is 0 Å². The van der Waals surface area contributed by atoms with Crippen molar-refractivity contribution in [3.05, 3.63) is 82.1 Å². The van der Waals surface area contributed by atoms with Crippen molar-refractivity contribution in [2.45, 2.75) is 50.2 Å². The van der Waals surface area contributed by atoms with Crippen LogP contribution < -0.4 is 10.1 Å². The van der Waals surface area contributed by atoms with Crippen molar-refractivity contribution in [2.24, 2.45) is 0 Å². The summed E-state index contributed by atoms with van der Waals surface area (Å²) in [4.78, 5) is 17.2. The first-order valence-electron chi connectivity index (χ1n) is 11.0. The van der Waals surface area contributed by atoms with E-state index >= 15 is 0 Å². The number of carbonyl (C=O) groups is 1. The summed E-state index contributed by atoms with van der Waals surface area (Å²) in [6, 6.07) is 15.5. The molecule has 2 heterocycles. The largest absolute Gasteiger partial charge is 0.485 e. The van der Waals surface area contributed by atoms with Gasteiger partial charge in [-0.2, -0.15) is 0 Å². The van der Waals surface area contributed by atoms with Crippen LogP contribution in [0.2, 0.25) is 10.0 Å². The van der Waals surface area contributed by atoms with Gasteiger partial charge in [0.25, 0.3) is 0 Å². The number of hydrogen-bond acceptors (Lipinski definition) is 3. The third kappa shape index (κ3) is 4.22. The molecule has 5 rings (SSSR count). The van der Waals surface area contributed by atoms with Gasteiger partial charge in [-0.1, -0.05) is 53.5 Å². The molecule has 3 aromatic rings. The fourth-order valence-corrected chi connectivity index (χ4v) is 5.30. The molecule has 1 aliphatic heterocycles. The van der Waals surface area contributed by atoms with Crippen molar-refractivity contribution in [2.75, 3.05) is 0 Å². The lowest BCUT2D eigenvalue weighted by Gasteiger charge is -2.48. The molecule has 0 bridgehead atoms. The molecule has 164 valence electrons. The van der Waals surface area contributed by atoms with Crippen molar-refractivity contribution in [1.82, 2.24) is 10.3 Å². The van der Waals surface area contributed by atoms with Gasteiger partial charge < -0.3 is 10.1 Å². The van der Waals surface area contributed by atoms with Gasteiger partial charge >= 0.3 is 0 Å². The number of rotatable bonds is 5. The molecule has 2 aliphatic rings. The lowest BCUT2D eigenvalue weighted by Crippen LogP contribution is -2.49. The van der Waals surface area contributed by atoms with Crippen LogP contribution in [-0.2, 0) is 11.2 Å². The molecule has 6 heteroatoms. The first-order valence-corrected chi connectivity index (χ1v) is 11.7. The van der Waals surface area contributed by atoms with Crippen LogP contribution in [0.4, 0.5) is 0 Å². The van der Waals surface area contributed by atoms with E-state index in [1.807, 2.05) is 36.5 Å². The van der Waals surface area contributed by atoms with Crippen molar-refractivity contribution in [3.8, 4) is 16.9 Å². The molecule has 1 aromatic heterocycles. The van der Waals surface area contributed by atoms with E-state index in [2.05, 4.69) is 22.4 Å². The van der Waals surface area contributed by atoms with E-state index < -0.39 is 0 Å². The Labute approximate surface area is 197 Å². The summed E-state index contributed by atoms with van der Waals surface area (Å²) in [5.74, 6) is 0.670. The molecule has 32 heavy (non-hydrogen) atoms. The van der Waals surface area contributed by atoms with Crippen LogP contribution in [-0.4, -0.2) is 16.5 Å². The lowest BCUT2D eigenvalue weighted by atomic mass is 9.73. The Morgan fingerprint density at radius 3 is 2.75 bits per heavy atom. The van der Waals surface area contributed by atoms with E-state index in [1.165, 1.54) is 0 Å². The monoisotopic (exact) mass is 466 g/mol. The van der Waals surface area contributed by atoms with E-state index in [1.54, 1.807) is 12.3 Å². The zero-order valence-electron chi connectivity index (χ0n) is 17.6.